The molecular formula is C26H36N4O. The Kier molecular flexibility index (Phi) is 7.73. The van der Waals surface area contributed by atoms with E-state index >= 15 is 0 Å². The summed E-state index contributed by atoms with van der Waals surface area (Å²) in [5.74, 6) is 0.121. The van der Waals surface area contributed by atoms with Gasteiger partial charge in [0.15, 0.2) is 0 Å². The van der Waals surface area contributed by atoms with E-state index in [1.165, 1.54) is 31.5 Å². The molecule has 0 bridgehead atoms. The van der Waals surface area contributed by atoms with Crippen molar-refractivity contribution in [3.8, 4) is 0 Å². The van der Waals surface area contributed by atoms with Gasteiger partial charge in [-0.15, -0.1) is 0 Å². The molecule has 2 aliphatic heterocycles. The molecule has 5 heteroatoms. The number of piperazine rings is 1. The second-order valence-corrected chi connectivity index (χ2v) is 9.09. The molecule has 1 N–H and O–H groups in total. The lowest BCUT2D eigenvalue weighted by atomic mass is 9.99. The molecule has 0 aliphatic carbocycles. The third kappa shape index (κ3) is 6.39. The Balaban J connectivity index is 1.30. The molecule has 0 aromatic heterocycles. The van der Waals surface area contributed by atoms with Gasteiger partial charge in [-0.25, -0.2) is 0 Å². The van der Waals surface area contributed by atoms with Crippen LogP contribution in [0.2, 0.25) is 0 Å². The molecule has 2 aromatic carbocycles. The van der Waals surface area contributed by atoms with Crippen molar-refractivity contribution < 1.29 is 4.79 Å². The van der Waals surface area contributed by atoms with Gasteiger partial charge >= 0.3 is 0 Å². The van der Waals surface area contributed by atoms with Crippen LogP contribution in [-0.4, -0.2) is 79.5 Å². The third-order valence-electron chi connectivity index (χ3n) is 6.71. The van der Waals surface area contributed by atoms with Crippen molar-refractivity contribution in [1.82, 2.24) is 20.0 Å². The number of benzene rings is 2. The van der Waals surface area contributed by atoms with E-state index < -0.39 is 0 Å². The molecule has 1 amide bonds. The molecule has 2 aliphatic rings. The van der Waals surface area contributed by atoms with Crippen LogP contribution in [0.4, 0.5) is 0 Å². The van der Waals surface area contributed by atoms with Crippen molar-refractivity contribution in [2.75, 3.05) is 52.9 Å². The van der Waals surface area contributed by atoms with Crippen LogP contribution in [0.15, 0.2) is 60.7 Å². The quantitative estimate of drug-likeness (QED) is 0.748. The average Bonchev–Trinajstić information content (AvgIpc) is 2.80. The lowest BCUT2D eigenvalue weighted by molar-refractivity contribution is -0.123. The largest absolute Gasteiger partial charge is 0.348 e. The molecule has 2 aromatic rings. The van der Waals surface area contributed by atoms with Crippen molar-refractivity contribution in [2.24, 2.45) is 0 Å². The number of hydrogen-bond acceptors (Lipinski definition) is 4. The minimum absolute atomic E-state index is 0.00448. The first kappa shape index (κ1) is 22.0. The van der Waals surface area contributed by atoms with Crippen molar-refractivity contribution in [3.05, 3.63) is 71.8 Å². The summed E-state index contributed by atoms with van der Waals surface area (Å²) in [4.78, 5) is 20.3. The van der Waals surface area contributed by atoms with Crippen LogP contribution < -0.4 is 5.32 Å². The highest BCUT2D eigenvalue weighted by atomic mass is 16.2. The fraction of sp³-hybridized carbons (Fsp3) is 0.500. The first-order valence-corrected chi connectivity index (χ1v) is 11.7. The molecule has 2 fully saturated rings. The summed E-state index contributed by atoms with van der Waals surface area (Å²) >= 11 is 0. The molecule has 2 heterocycles. The van der Waals surface area contributed by atoms with Crippen LogP contribution in [0.3, 0.4) is 0 Å². The molecule has 2 unspecified atom stereocenters. The number of nitrogens with zero attached hydrogens (tertiary/aromatic N) is 3. The maximum atomic E-state index is 12.9. The van der Waals surface area contributed by atoms with E-state index in [1.54, 1.807) is 0 Å². The Labute approximate surface area is 187 Å². The predicted molar refractivity (Wildman–Crippen MR) is 126 cm³/mol. The van der Waals surface area contributed by atoms with Crippen LogP contribution in [0.5, 0.6) is 0 Å². The van der Waals surface area contributed by atoms with E-state index in [0.717, 1.165) is 38.2 Å². The Morgan fingerprint density at radius 2 is 1.65 bits per heavy atom. The molecular weight excluding hydrogens is 384 g/mol. The molecule has 166 valence electrons. The molecule has 2 saturated heterocycles. The zero-order valence-corrected chi connectivity index (χ0v) is 18.7. The number of rotatable bonds is 7. The van der Waals surface area contributed by atoms with Crippen molar-refractivity contribution in [3.63, 3.8) is 0 Å². The van der Waals surface area contributed by atoms with Gasteiger partial charge in [-0.1, -0.05) is 60.7 Å². The maximum Gasteiger partial charge on any atom is 0.234 e. The standard InChI is InChI=1S/C26H36N4O/c1-28-14-8-13-24(20-28)30-17-15-29(16-18-30)21-26(31)27-25(23-11-6-3-7-12-23)19-22-9-4-2-5-10-22/h2-7,9-12,24-25H,8,13-21H2,1H3,(H,27,31). The van der Waals surface area contributed by atoms with Crippen LogP contribution in [0.1, 0.15) is 30.0 Å². The Hall–Kier alpha value is -2.21. The smallest absolute Gasteiger partial charge is 0.234 e. The SMILES string of the molecule is CN1CCCC(N2CCN(CC(=O)NC(Cc3ccccc3)c3ccccc3)CC2)C1. The number of piperidine rings is 1. The highest BCUT2D eigenvalue weighted by Gasteiger charge is 2.27. The highest BCUT2D eigenvalue weighted by Crippen LogP contribution is 2.19. The van der Waals surface area contributed by atoms with E-state index in [4.69, 9.17) is 0 Å². The number of likely N-dealkylation sites (N-methyl/N-ethyl adjacent to an activating group) is 1. The molecule has 5 nitrogen and oxygen atoms in total. The predicted octanol–water partition coefficient (Wildman–Crippen LogP) is 2.80. The monoisotopic (exact) mass is 420 g/mol. The first-order valence-electron chi connectivity index (χ1n) is 11.7. The van der Waals surface area contributed by atoms with Gasteiger partial charge in [-0.3, -0.25) is 14.6 Å². The molecule has 2 atom stereocenters. The second-order valence-electron chi connectivity index (χ2n) is 9.09. The van der Waals surface area contributed by atoms with Crippen LogP contribution in [0.25, 0.3) is 0 Å². The fourth-order valence-electron chi connectivity index (χ4n) is 4.95. The van der Waals surface area contributed by atoms with Crippen molar-refractivity contribution in [1.29, 1.82) is 0 Å². The fourth-order valence-corrected chi connectivity index (χ4v) is 4.95. The number of likely N-dealkylation sites (tertiary alicyclic amines) is 1. The lowest BCUT2D eigenvalue weighted by Gasteiger charge is -2.42. The zero-order chi connectivity index (χ0) is 21.5. The highest BCUT2D eigenvalue weighted by molar-refractivity contribution is 5.78. The van der Waals surface area contributed by atoms with Gasteiger partial charge in [0.2, 0.25) is 5.91 Å². The number of nitrogens with one attached hydrogen (secondary N) is 1. The van der Waals surface area contributed by atoms with E-state index in [9.17, 15) is 4.79 Å². The van der Waals surface area contributed by atoms with Gasteiger partial charge in [-0.05, 0) is 44.0 Å². The van der Waals surface area contributed by atoms with E-state index in [1.807, 2.05) is 24.3 Å². The summed E-state index contributed by atoms with van der Waals surface area (Å²) in [7, 11) is 2.23. The van der Waals surface area contributed by atoms with E-state index in [0.29, 0.717) is 12.6 Å². The van der Waals surface area contributed by atoms with E-state index in [-0.39, 0.29) is 11.9 Å². The van der Waals surface area contributed by atoms with Gasteiger partial charge in [0.05, 0.1) is 12.6 Å². The summed E-state index contributed by atoms with van der Waals surface area (Å²) < 4.78 is 0. The van der Waals surface area contributed by atoms with Crippen molar-refractivity contribution in [2.45, 2.75) is 31.3 Å². The van der Waals surface area contributed by atoms with Gasteiger partial charge < -0.3 is 10.2 Å². The number of hydrogen-bond donors (Lipinski definition) is 1. The average molecular weight is 421 g/mol. The molecule has 4 rings (SSSR count). The van der Waals surface area contributed by atoms with Crippen molar-refractivity contribution >= 4 is 5.91 Å². The summed E-state index contributed by atoms with van der Waals surface area (Å²) in [5.41, 5.74) is 2.40. The third-order valence-corrected chi connectivity index (χ3v) is 6.71. The maximum absolute atomic E-state index is 12.9. The molecule has 0 radical (unpaired) electrons. The van der Waals surface area contributed by atoms with Gasteiger partial charge in [0.25, 0.3) is 0 Å². The van der Waals surface area contributed by atoms with E-state index in [2.05, 4.69) is 63.5 Å². The van der Waals surface area contributed by atoms with Crippen LogP contribution in [-0.2, 0) is 11.2 Å². The normalized spacial score (nSPS) is 22.2. The molecule has 0 saturated carbocycles. The Morgan fingerprint density at radius 3 is 2.32 bits per heavy atom. The van der Waals surface area contributed by atoms with Gasteiger partial charge in [-0.2, -0.15) is 0 Å². The second kappa shape index (κ2) is 10.9. The molecule has 0 spiro atoms. The summed E-state index contributed by atoms with van der Waals surface area (Å²) in [5, 5.41) is 3.31. The Morgan fingerprint density at radius 1 is 0.968 bits per heavy atom. The lowest BCUT2D eigenvalue weighted by Crippen LogP contribution is -2.55. The minimum Gasteiger partial charge on any atom is -0.348 e. The topological polar surface area (TPSA) is 38.8 Å². The number of carbonyl (C=O) groups is 1. The van der Waals surface area contributed by atoms with Crippen LogP contribution >= 0.6 is 0 Å². The first-order chi connectivity index (χ1) is 15.2. The summed E-state index contributed by atoms with van der Waals surface area (Å²) in [6.45, 7) is 6.97. The Bertz CT molecular complexity index is 805. The molecule has 31 heavy (non-hydrogen) atoms. The van der Waals surface area contributed by atoms with Gasteiger partial charge in [0, 0.05) is 38.8 Å². The zero-order valence-electron chi connectivity index (χ0n) is 18.7. The summed E-state index contributed by atoms with van der Waals surface area (Å²) in [6.07, 6.45) is 3.41. The van der Waals surface area contributed by atoms with Gasteiger partial charge in [0.1, 0.15) is 0 Å². The van der Waals surface area contributed by atoms with Crippen LogP contribution in [0, 0.1) is 0 Å². The number of amides is 1. The number of carbonyl (C=O) groups excluding carboxylic acids is 1. The summed E-state index contributed by atoms with van der Waals surface area (Å²) in [6, 6.07) is 21.4. The minimum atomic E-state index is -0.00448.